The minimum absolute atomic E-state index is 0.123. The monoisotopic (exact) mass is 361 g/mol. The van der Waals surface area contributed by atoms with Crippen LogP contribution in [0.3, 0.4) is 0 Å². The number of fused-ring (bicyclic) bond motifs is 1. The van der Waals surface area contributed by atoms with Crippen LogP contribution in [0.2, 0.25) is 0 Å². The van der Waals surface area contributed by atoms with Gasteiger partial charge in [0.15, 0.2) is 0 Å². The van der Waals surface area contributed by atoms with Crippen molar-refractivity contribution in [3.63, 3.8) is 0 Å². The van der Waals surface area contributed by atoms with Gasteiger partial charge in [-0.15, -0.1) is 0 Å². The fraction of sp³-hybridized carbons (Fsp3) is 0.286. The van der Waals surface area contributed by atoms with Crippen molar-refractivity contribution in [3.8, 4) is 0 Å². The Balaban J connectivity index is 1.42. The Kier molecular flexibility index (Phi) is 4.98. The van der Waals surface area contributed by atoms with Crippen LogP contribution in [0.4, 0.5) is 5.82 Å². The molecular formula is C21H23N5O. The van der Waals surface area contributed by atoms with Crippen molar-refractivity contribution in [2.75, 3.05) is 18.0 Å². The van der Waals surface area contributed by atoms with Gasteiger partial charge < -0.3 is 16.0 Å². The van der Waals surface area contributed by atoms with Crippen molar-refractivity contribution in [2.45, 2.75) is 25.4 Å². The topological polar surface area (TPSA) is 84.1 Å². The second-order valence-corrected chi connectivity index (χ2v) is 6.91. The molecule has 3 heterocycles. The Hall–Kier alpha value is -2.99. The van der Waals surface area contributed by atoms with Gasteiger partial charge in [0.25, 0.3) is 5.91 Å². The van der Waals surface area contributed by atoms with Gasteiger partial charge in [0.2, 0.25) is 0 Å². The molecule has 0 radical (unpaired) electrons. The fourth-order valence-electron chi connectivity index (χ4n) is 3.34. The molecule has 0 bridgehead atoms. The summed E-state index contributed by atoms with van der Waals surface area (Å²) in [6, 6.07) is 15.8. The summed E-state index contributed by atoms with van der Waals surface area (Å²) in [5.74, 6) is 0.709. The van der Waals surface area contributed by atoms with Gasteiger partial charge in [-0.1, -0.05) is 24.3 Å². The Bertz CT molecular complexity index is 950. The molecule has 1 aliphatic heterocycles. The molecule has 1 fully saturated rings. The van der Waals surface area contributed by atoms with Crippen LogP contribution in [0.25, 0.3) is 10.9 Å². The molecule has 1 saturated heterocycles. The number of piperidine rings is 1. The molecule has 2 aromatic heterocycles. The normalized spacial score (nSPS) is 15.1. The lowest BCUT2D eigenvalue weighted by atomic mass is 10.1. The first-order valence-electron chi connectivity index (χ1n) is 9.28. The zero-order valence-corrected chi connectivity index (χ0v) is 15.1. The lowest BCUT2D eigenvalue weighted by Gasteiger charge is -2.31. The van der Waals surface area contributed by atoms with Crippen molar-refractivity contribution in [3.05, 3.63) is 66.0 Å². The number of carbonyl (C=O) groups is 1. The predicted octanol–water partition coefficient (Wildman–Crippen LogP) is 2.49. The van der Waals surface area contributed by atoms with Gasteiger partial charge in [-0.3, -0.25) is 9.78 Å². The fourth-order valence-corrected chi connectivity index (χ4v) is 3.34. The van der Waals surface area contributed by atoms with E-state index in [1.54, 1.807) is 12.3 Å². The maximum absolute atomic E-state index is 12.6. The van der Waals surface area contributed by atoms with E-state index in [4.69, 9.17) is 5.73 Å². The van der Waals surface area contributed by atoms with Crippen LogP contribution in [-0.2, 0) is 6.54 Å². The van der Waals surface area contributed by atoms with Gasteiger partial charge in [-0.05, 0) is 37.1 Å². The second kappa shape index (κ2) is 7.72. The van der Waals surface area contributed by atoms with Crippen LogP contribution in [-0.4, -0.2) is 35.0 Å². The van der Waals surface area contributed by atoms with E-state index in [1.165, 1.54) is 0 Å². The van der Waals surface area contributed by atoms with E-state index in [0.717, 1.165) is 48.3 Å². The van der Waals surface area contributed by atoms with E-state index in [-0.39, 0.29) is 11.9 Å². The lowest BCUT2D eigenvalue weighted by molar-refractivity contribution is 0.0950. The largest absolute Gasteiger partial charge is 0.356 e. The van der Waals surface area contributed by atoms with E-state index in [9.17, 15) is 4.79 Å². The van der Waals surface area contributed by atoms with Crippen molar-refractivity contribution in [1.29, 1.82) is 0 Å². The number of benzene rings is 1. The quantitative estimate of drug-likeness (QED) is 0.746. The molecule has 6 nitrogen and oxygen atoms in total. The average Bonchev–Trinajstić information content (AvgIpc) is 2.72. The van der Waals surface area contributed by atoms with Gasteiger partial charge in [-0.2, -0.15) is 0 Å². The molecule has 0 spiro atoms. The zero-order valence-electron chi connectivity index (χ0n) is 15.1. The summed E-state index contributed by atoms with van der Waals surface area (Å²) in [5, 5.41) is 4.04. The predicted molar refractivity (Wildman–Crippen MR) is 107 cm³/mol. The number of nitrogens with one attached hydrogen (secondary N) is 1. The molecule has 1 amide bonds. The van der Waals surface area contributed by atoms with Crippen molar-refractivity contribution < 1.29 is 4.79 Å². The standard InChI is InChI=1S/C21H23N5O/c22-17-8-11-26(12-9-17)20-13-16(7-10-23-20)21(27)24-14-18-6-5-15-3-1-2-4-19(15)25-18/h1-7,10,13,17H,8-9,11-12,14,22H2,(H,24,27). The number of carbonyl (C=O) groups excluding carboxylic acids is 1. The molecule has 0 unspecified atom stereocenters. The van der Waals surface area contributed by atoms with Crippen LogP contribution >= 0.6 is 0 Å². The van der Waals surface area contributed by atoms with Gasteiger partial charge in [0.1, 0.15) is 5.82 Å². The third-order valence-corrected chi connectivity index (χ3v) is 4.96. The number of amides is 1. The average molecular weight is 361 g/mol. The van der Waals surface area contributed by atoms with Gasteiger partial charge >= 0.3 is 0 Å². The van der Waals surface area contributed by atoms with Crippen LogP contribution < -0.4 is 16.0 Å². The molecule has 3 N–H and O–H groups in total. The molecule has 6 heteroatoms. The van der Waals surface area contributed by atoms with Crippen molar-refractivity contribution >= 4 is 22.6 Å². The number of aromatic nitrogens is 2. The Morgan fingerprint density at radius 2 is 1.96 bits per heavy atom. The molecule has 0 atom stereocenters. The van der Waals surface area contributed by atoms with Crippen LogP contribution in [0, 0.1) is 0 Å². The van der Waals surface area contributed by atoms with Crippen LogP contribution in [0.1, 0.15) is 28.9 Å². The number of rotatable bonds is 4. The molecule has 138 valence electrons. The summed E-state index contributed by atoms with van der Waals surface area (Å²) in [5.41, 5.74) is 8.34. The first-order chi connectivity index (χ1) is 13.2. The number of nitrogens with zero attached hydrogens (tertiary/aromatic N) is 3. The van der Waals surface area contributed by atoms with E-state index in [1.807, 2.05) is 42.5 Å². The Morgan fingerprint density at radius 1 is 1.15 bits per heavy atom. The number of nitrogens with two attached hydrogens (primary N) is 1. The number of pyridine rings is 2. The molecule has 0 saturated carbocycles. The van der Waals surface area contributed by atoms with Gasteiger partial charge in [0, 0.05) is 36.3 Å². The summed E-state index contributed by atoms with van der Waals surface area (Å²) in [4.78, 5) is 23.8. The molecule has 3 aromatic rings. The summed E-state index contributed by atoms with van der Waals surface area (Å²) < 4.78 is 0. The summed E-state index contributed by atoms with van der Waals surface area (Å²) >= 11 is 0. The SMILES string of the molecule is NC1CCN(c2cc(C(=O)NCc3ccc4ccccc4n3)ccn2)CC1. The third kappa shape index (κ3) is 4.06. The van der Waals surface area contributed by atoms with E-state index < -0.39 is 0 Å². The van der Waals surface area contributed by atoms with E-state index in [0.29, 0.717) is 12.1 Å². The minimum atomic E-state index is -0.123. The first kappa shape index (κ1) is 17.4. The van der Waals surface area contributed by atoms with Crippen molar-refractivity contribution in [1.82, 2.24) is 15.3 Å². The summed E-state index contributed by atoms with van der Waals surface area (Å²) in [7, 11) is 0. The highest BCUT2D eigenvalue weighted by atomic mass is 16.1. The highest BCUT2D eigenvalue weighted by Crippen LogP contribution is 2.18. The summed E-state index contributed by atoms with van der Waals surface area (Å²) in [6.45, 7) is 2.14. The first-order valence-corrected chi connectivity index (χ1v) is 9.28. The maximum atomic E-state index is 12.6. The van der Waals surface area contributed by atoms with Gasteiger partial charge in [0.05, 0.1) is 17.8 Å². The summed E-state index contributed by atoms with van der Waals surface area (Å²) in [6.07, 6.45) is 3.59. The maximum Gasteiger partial charge on any atom is 0.251 e. The minimum Gasteiger partial charge on any atom is -0.356 e. The van der Waals surface area contributed by atoms with E-state index in [2.05, 4.69) is 20.2 Å². The lowest BCUT2D eigenvalue weighted by Crippen LogP contribution is -2.40. The molecular weight excluding hydrogens is 338 g/mol. The highest BCUT2D eigenvalue weighted by Gasteiger charge is 2.18. The Labute approximate surface area is 158 Å². The van der Waals surface area contributed by atoms with E-state index >= 15 is 0 Å². The third-order valence-electron chi connectivity index (χ3n) is 4.96. The number of para-hydroxylation sites is 1. The number of hydrogen-bond acceptors (Lipinski definition) is 5. The zero-order chi connectivity index (χ0) is 18.6. The van der Waals surface area contributed by atoms with Gasteiger partial charge in [-0.25, -0.2) is 4.98 Å². The molecule has 1 aliphatic rings. The van der Waals surface area contributed by atoms with Crippen molar-refractivity contribution in [2.24, 2.45) is 5.73 Å². The second-order valence-electron chi connectivity index (χ2n) is 6.91. The molecule has 0 aliphatic carbocycles. The van der Waals surface area contributed by atoms with Crippen LogP contribution in [0.15, 0.2) is 54.7 Å². The number of anilines is 1. The smallest absolute Gasteiger partial charge is 0.251 e. The molecule has 1 aromatic carbocycles. The molecule has 27 heavy (non-hydrogen) atoms. The van der Waals surface area contributed by atoms with Crippen LogP contribution in [0.5, 0.6) is 0 Å². The molecule has 4 rings (SSSR count). The number of hydrogen-bond donors (Lipinski definition) is 2. The highest BCUT2D eigenvalue weighted by molar-refractivity contribution is 5.94. The Morgan fingerprint density at radius 3 is 2.81 bits per heavy atom.